The molecule has 0 fully saturated rings. The molecular formula is C15H11Cl2N3O4. The Bertz CT molecular complexity index is 824. The Hall–Kier alpha value is -2.77. The van der Waals surface area contributed by atoms with Crippen molar-refractivity contribution in [1.82, 2.24) is 5.43 Å². The van der Waals surface area contributed by atoms with Gasteiger partial charge in [-0.1, -0.05) is 23.2 Å². The van der Waals surface area contributed by atoms with E-state index >= 15 is 0 Å². The first-order valence-corrected chi connectivity index (χ1v) is 7.24. The van der Waals surface area contributed by atoms with Crippen LogP contribution >= 0.6 is 23.2 Å². The largest absolute Gasteiger partial charge is 0.508 e. The van der Waals surface area contributed by atoms with Gasteiger partial charge in [0.05, 0.1) is 16.9 Å². The molecule has 2 rings (SSSR count). The Labute approximate surface area is 146 Å². The van der Waals surface area contributed by atoms with E-state index in [4.69, 9.17) is 28.3 Å². The lowest BCUT2D eigenvalue weighted by Gasteiger charge is -2.06. The number of amides is 2. The number of hydrogen-bond donors (Lipinski definition) is 4. The second kappa shape index (κ2) is 7.67. The molecule has 7 nitrogen and oxygen atoms in total. The number of hydrogen-bond acceptors (Lipinski definition) is 5. The molecule has 0 heterocycles. The maximum Gasteiger partial charge on any atom is 0.329 e. The van der Waals surface area contributed by atoms with Gasteiger partial charge in [-0.25, -0.2) is 5.43 Å². The fraction of sp³-hybridized carbons (Fsp3) is 0. The van der Waals surface area contributed by atoms with Crippen molar-refractivity contribution in [1.29, 1.82) is 0 Å². The van der Waals surface area contributed by atoms with Gasteiger partial charge in [0, 0.05) is 16.7 Å². The standard InChI is InChI=1S/C15H11Cl2N3O4/c16-9-2-4-11(17)12(5-9)19-14(23)15(24)20-18-7-8-1-3-10(21)6-13(8)22/h1-7,21-22H,(H,19,23)(H,20,24)/b18-7-. The molecule has 0 saturated heterocycles. The number of halogens is 2. The van der Waals surface area contributed by atoms with Crippen molar-refractivity contribution in [3.63, 3.8) is 0 Å². The van der Waals surface area contributed by atoms with Gasteiger partial charge in [0.1, 0.15) is 11.5 Å². The number of benzene rings is 2. The van der Waals surface area contributed by atoms with Crippen LogP contribution in [0.1, 0.15) is 5.56 Å². The van der Waals surface area contributed by atoms with Crippen LogP contribution in [0.5, 0.6) is 11.5 Å². The summed E-state index contributed by atoms with van der Waals surface area (Å²) in [6, 6.07) is 8.23. The maximum absolute atomic E-state index is 11.7. The highest BCUT2D eigenvalue weighted by Crippen LogP contribution is 2.25. The van der Waals surface area contributed by atoms with E-state index in [1.165, 1.54) is 30.3 Å². The van der Waals surface area contributed by atoms with Crippen molar-refractivity contribution in [3.05, 3.63) is 52.0 Å². The number of nitrogens with one attached hydrogen (secondary N) is 2. The smallest absolute Gasteiger partial charge is 0.329 e. The Balaban J connectivity index is 1.97. The summed E-state index contributed by atoms with van der Waals surface area (Å²) in [6.07, 6.45) is 1.12. The molecule has 0 aliphatic carbocycles. The number of phenolic OH excluding ortho intramolecular Hbond substituents is 2. The predicted molar refractivity (Wildman–Crippen MR) is 90.6 cm³/mol. The number of nitrogens with zero attached hydrogens (tertiary/aromatic N) is 1. The summed E-state index contributed by atoms with van der Waals surface area (Å²) in [5.74, 6) is -2.39. The van der Waals surface area contributed by atoms with Gasteiger partial charge in [0.25, 0.3) is 0 Å². The summed E-state index contributed by atoms with van der Waals surface area (Å²) in [7, 11) is 0. The van der Waals surface area contributed by atoms with Crippen LogP contribution < -0.4 is 10.7 Å². The lowest BCUT2D eigenvalue weighted by Crippen LogP contribution is -2.32. The molecule has 0 aliphatic rings. The molecule has 2 amide bonds. The highest BCUT2D eigenvalue weighted by Gasteiger charge is 2.14. The van der Waals surface area contributed by atoms with Crippen molar-refractivity contribution in [2.45, 2.75) is 0 Å². The van der Waals surface area contributed by atoms with E-state index in [1.807, 2.05) is 5.43 Å². The summed E-state index contributed by atoms with van der Waals surface area (Å²) < 4.78 is 0. The number of anilines is 1. The molecular weight excluding hydrogens is 357 g/mol. The van der Waals surface area contributed by atoms with E-state index in [-0.39, 0.29) is 27.8 Å². The van der Waals surface area contributed by atoms with E-state index in [9.17, 15) is 14.7 Å². The van der Waals surface area contributed by atoms with Crippen LogP contribution in [0, 0.1) is 0 Å². The van der Waals surface area contributed by atoms with Gasteiger partial charge in [-0.3, -0.25) is 9.59 Å². The Morgan fingerprint density at radius 1 is 1.04 bits per heavy atom. The van der Waals surface area contributed by atoms with Crippen LogP contribution in [0.15, 0.2) is 41.5 Å². The molecule has 0 aromatic heterocycles. The summed E-state index contributed by atoms with van der Waals surface area (Å²) in [4.78, 5) is 23.4. The minimum absolute atomic E-state index is 0.119. The van der Waals surface area contributed by atoms with Crippen LogP contribution in [0.25, 0.3) is 0 Å². The van der Waals surface area contributed by atoms with E-state index in [2.05, 4.69) is 10.4 Å². The molecule has 0 unspecified atom stereocenters. The first-order chi connectivity index (χ1) is 11.4. The molecule has 2 aromatic rings. The first kappa shape index (κ1) is 17.6. The predicted octanol–water partition coefficient (Wildman–Crippen LogP) is 2.49. The van der Waals surface area contributed by atoms with E-state index in [1.54, 1.807) is 0 Å². The SMILES string of the molecule is O=C(N/N=C\c1ccc(O)cc1O)C(=O)Nc1cc(Cl)ccc1Cl. The van der Waals surface area contributed by atoms with Gasteiger partial charge in [-0.05, 0) is 30.3 Å². The third-order valence-electron chi connectivity index (χ3n) is 2.77. The Kier molecular flexibility index (Phi) is 5.62. The molecule has 0 atom stereocenters. The lowest BCUT2D eigenvalue weighted by molar-refractivity contribution is -0.136. The number of phenols is 2. The summed E-state index contributed by atoms with van der Waals surface area (Å²) in [6.45, 7) is 0. The van der Waals surface area contributed by atoms with E-state index < -0.39 is 11.8 Å². The van der Waals surface area contributed by atoms with Gasteiger partial charge in [-0.2, -0.15) is 5.10 Å². The second-order valence-electron chi connectivity index (χ2n) is 4.52. The van der Waals surface area contributed by atoms with Crippen LogP contribution in [0.4, 0.5) is 5.69 Å². The van der Waals surface area contributed by atoms with Crippen LogP contribution in [0.2, 0.25) is 10.0 Å². The molecule has 9 heteroatoms. The summed E-state index contributed by atoms with van der Waals surface area (Å²) in [5.41, 5.74) is 2.42. The van der Waals surface area contributed by atoms with Crippen molar-refractivity contribution in [3.8, 4) is 11.5 Å². The lowest BCUT2D eigenvalue weighted by atomic mass is 10.2. The molecule has 0 saturated carbocycles. The number of aromatic hydroxyl groups is 2. The molecule has 2 aromatic carbocycles. The van der Waals surface area contributed by atoms with E-state index in [0.29, 0.717) is 5.02 Å². The molecule has 124 valence electrons. The molecule has 24 heavy (non-hydrogen) atoms. The molecule has 4 N–H and O–H groups in total. The molecule has 0 aliphatic heterocycles. The summed E-state index contributed by atoms with van der Waals surface area (Å²) >= 11 is 11.7. The van der Waals surface area contributed by atoms with Crippen molar-refractivity contribution >= 4 is 46.9 Å². The Morgan fingerprint density at radius 3 is 2.50 bits per heavy atom. The van der Waals surface area contributed by atoms with E-state index in [0.717, 1.165) is 12.3 Å². The second-order valence-corrected chi connectivity index (χ2v) is 5.36. The quantitative estimate of drug-likeness (QED) is 0.379. The number of rotatable bonds is 3. The minimum Gasteiger partial charge on any atom is -0.508 e. The zero-order valence-corrected chi connectivity index (χ0v) is 13.5. The Morgan fingerprint density at radius 2 is 1.79 bits per heavy atom. The van der Waals surface area contributed by atoms with Gasteiger partial charge < -0.3 is 15.5 Å². The van der Waals surface area contributed by atoms with Gasteiger partial charge in [-0.15, -0.1) is 0 Å². The monoisotopic (exact) mass is 367 g/mol. The summed E-state index contributed by atoms with van der Waals surface area (Å²) in [5, 5.41) is 25.1. The topological polar surface area (TPSA) is 111 Å². The normalized spacial score (nSPS) is 10.6. The fourth-order valence-electron chi connectivity index (χ4n) is 1.62. The minimum atomic E-state index is -1.04. The molecule has 0 radical (unpaired) electrons. The van der Waals surface area contributed by atoms with Gasteiger partial charge in [0.15, 0.2) is 0 Å². The van der Waals surface area contributed by atoms with Crippen LogP contribution in [-0.4, -0.2) is 28.2 Å². The van der Waals surface area contributed by atoms with Gasteiger partial charge >= 0.3 is 11.8 Å². The highest BCUT2D eigenvalue weighted by atomic mass is 35.5. The zero-order chi connectivity index (χ0) is 17.7. The average molecular weight is 368 g/mol. The van der Waals surface area contributed by atoms with Crippen molar-refractivity contribution in [2.75, 3.05) is 5.32 Å². The van der Waals surface area contributed by atoms with Gasteiger partial charge in [0.2, 0.25) is 0 Å². The average Bonchev–Trinajstić information content (AvgIpc) is 2.52. The van der Waals surface area contributed by atoms with Crippen molar-refractivity contribution < 1.29 is 19.8 Å². The van der Waals surface area contributed by atoms with Crippen LogP contribution in [-0.2, 0) is 9.59 Å². The maximum atomic E-state index is 11.7. The third-order valence-corrected chi connectivity index (χ3v) is 3.33. The number of carbonyl (C=O) groups is 2. The molecule has 0 spiro atoms. The number of hydrazone groups is 1. The fourth-order valence-corrected chi connectivity index (χ4v) is 1.96. The molecule has 0 bridgehead atoms. The first-order valence-electron chi connectivity index (χ1n) is 6.48. The van der Waals surface area contributed by atoms with Crippen molar-refractivity contribution in [2.24, 2.45) is 5.10 Å². The number of carbonyl (C=O) groups excluding carboxylic acids is 2. The zero-order valence-electron chi connectivity index (χ0n) is 12.0. The highest BCUT2D eigenvalue weighted by molar-refractivity contribution is 6.42. The third kappa shape index (κ3) is 4.61. The van der Waals surface area contributed by atoms with Crippen LogP contribution in [0.3, 0.4) is 0 Å².